The molecule has 0 aliphatic carbocycles. The van der Waals surface area contributed by atoms with E-state index in [0.717, 1.165) is 57.3 Å². The molecular formula is C30H34N4O4S. The van der Waals surface area contributed by atoms with Crippen LogP contribution in [0.15, 0.2) is 59.5 Å². The number of aliphatic carboxylic acids is 1. The van der Waals surface area contributed by atoms with Crippen LogP contribution in [0.4, 0.5) is 0 Å². The normalized spacial score (nSPS) is 17.7. The summed E-state index contributed by atoms with van der Waals surface area (Å²) < 4.78 is 30.5. The molecule has 4 aromatic rings. The Hall–Kier alpha value is -3.56. The maximum atomic E-state index is 13.6. The second-order valence-corrected chi connectivity index (χ2v) is 12.3. The van der Waals surface area contributed by atoms with Gasteiger partial charge < -0.3 is 5.11 Å². The lowest BCUT2D eigenvalue weighted by atomic mass is 9.85. The van der Waals surface area contributed by atoms with E-state index < -0.39 is 21.9 Å². The van der Waals surface area contributed by atoms with Crippen molar-refractivity contribution in [2.45, 2.75) is 63.3 Å². The molecule has 204 valence electrons. The molecule has 8 nitrogen and oxygen atoms in total. The van der Waals surface area contributed by atoms with Gasteiger partial charge in [-0.1, -0.05) is 61.5 Å². The maximum Gasteiger partial charge on any atom is 0.304 e. The Morgan fingerprint density at radius 1 is 1.08 bits per heavy atom. The van der Waals surface area contributed by atoms with E-state index in [1.807, 2.05) is 50.4 Å². The Labute approximate surface area is 229 Å². The first-order chi connectivity index (χ1) is 18.6. The number of aryl methyl sites for hydroxylation is 3. The summed E-state index contributed by atoms with van der Waals surface area (Å²) in [4.78, 5) is 12.4. The number of sulfonamides is 1. The Bertz CT molecular complexity index is 1660. The minimum absolute atomic E-state index is 0.0925. The smallest absolute Gasteiger partial charge is 0.304 e. The van der Waals surface area contributed by atoms with Crippen LogP contribution < -0.4 is 0 Å². The largest absolute Gasteiger partial charge is 0.481 e. The maximum absolute atomic E-state index is 13.6. The highest BCUT2D eigenvalue weighted by Gasteiger charge is 2.36. The number of carboxylic acids is 1. The molecule has 1 N–H and O–H groups in total. The third-order valence-electron chi connectivity index (χ3n) is 7.98. The lowest BCUT2D eigenvalue weighted by Crippen LogP contribution is -2.39. The van der Waals surface area contributed by atoms with E-state index in [-0.39, 0.29) is 18.9 Å². The summed E-state index contributed by atoms with van der Waals surface area (Å²) in [6.45, 7) is 6.76. The molecule has 0 bridgehead atoms. The van der Waals surface area contributed by atoms with Crippen molar-refractivity contribution in [3.8, 4) is 0 Å². The van der Waals surface area contributed by atoms with Crippen LogP contribution in [-0.2, 0) is 34.8 Å². The van der Waals surface area contributed by atoms with Gasteiger partial charge in [0.15, 0.2) is 0 Å². The van der Waals surface area contributed by atoms with E-state index in [0.29, 0.717) is 11.4 Å². The van der Waals surface area contributed by atoms with E-state index in [1.54, 1.807) is 21.1 Å². The number of hydrogen-bond donors (Lipinski definition) is 1. The van der Waals surface area contributed by atoms with Gasteiger partial charge >= 0.3 is 5.97 Å². The van der Waals surface area contributed by atoms with Crippen LogP contribution in [0.2, 0.25) is 0 Å². The number of benzene rings is 3. The molecule has 0 spiro atoms. The summed E-state index contributed by atoms with van der Waals surface area (Å²) in [5.74, 6) is -1.19. The molecule has 1 aliphatic rings. The molecule has 2 heterocycles. The number of nitrogens with zero attached hydrogens (tertiary/aromatic N) is 4. The van der Waals surface area contributed by atoms with Gasteiger partial charge in [0.2, 0.25) is 10.0 Å². The molecule has 0 saturated heterocycles. The second-order valence-electron chi connectivity index (χ2n) is 10.4. The molecule has 0 radical (unpaired) electrons. The van der Waals surface area contributed by atoms with Crippen LogP contribution >= 0.6 is 0 Å². The Morgan fingerprint density at radius 2 is 1.82 bits per heavy atom. The number of rotatable bonds is 8. The van der Waals surface area contributed by atoms with Crippen molar-refractivity contribution in [1.29, 1.82) is 0 Å². The van der Waals surface area contributed by atoms with E-state index in [4.69, 9.17) is 0 Å². The summed E-state index contributed by atoms with van der Waals surface area (Å²) in [7, 11) is -1.80. The fourth-order valence-electron chi connectivity index (χ4n) is 5.79. The standard InChI is InChI=1S/C30H34N4O4S/c1-5-20-13-23(15-27-30(20)33(4)32-31-27)26(16-29(35)36)22-12-11-19(3)24(14-22)18-34-17-21(6-2)25-9-7-8-10-28(25)39(34,37)38/h7-15,21,26H,5-6,16-18H2,1-4H3,(H,35,36). The van der Waals surface area contributed by atoms with Crippen LogP contribution in [0, 0.1) is 6.92 Å². The third-order valence-corrected chi connectivity index (χ3v) is 9.86. The van der Waals surface area contributed by atoms with Gasteiger partial charge in [0.05, 0.1) is 16.8 Å². The molecule has 2 atom stereocenters. The topological polar surface area (TPSA) is 105 Å². The van der Waals surface area contributed by atoms with Gasteiger partial charge in [-0.15, -0.1) is 5.10 Å². The van der Waals surface area contributed by atoms with Crippen LogP contribution in [0.1, 0.15) is 71.9 Å². The average molecular weight is 547 g/mol. The van der Waals surface area contributed by atoms with Gasteiger partial charge in [0.25, 0.3) is 0 Å². The van der Waals surface area contributed by atoms with Gasteiger partial charge in [0.1, 0.15) is 5.52 Å². The molecule has 3 aromatic carbocycles. The monoisotopic (exact) mass is 546 g/mol. The first kappa shape index (κ1) is 27.0. The predicted molar refractivity (Wildman–Crippen MR) is 150 cm³/mol. The number of fused-ring (bicyclic) bond motifs is 2. The van der Waals surface area contributed by atoms with Gasteiger partial charge in [-0.3, -0.25) is 4.79 Å². The van der Waals surface area contributed by atoms with Crippen molar-refractivity contribution in [2.75, 3.05) is 6.54 Å². The summed E-state index contributed by atoms with van der Waals surface area (Å²) >= 11 is 0. The molecule has 1 aromatic heterocycles. The molecule has 0 amide bonds. The SMILES string of the molecule is CCc1cc(C(CC(=O)O)c2ccc(C)c(CN3CC(CC)c4ccccc4S3(=O)=O)c2)cc2nnn(C)c12. The number of aromatic nitrogens is 3. The van der Waals surface area contributed by atoms with Crippen molar-refractivity contribution in [3.05, 3.63) is 88.0 Å². The van der Waals surface area contributed by atoms with E-state index in [1.165, 1.54) is 0 Å². The fourth-order valence-corrected chi connectivity index (χ4v) is 7.53. The van der Waals surface area contributed by atoms with Crippen LogP contribution in [0.5, 0.6) is 0 Å². The zero-order valence-corrected chi connectivity index (χ0v) is 23.6. The van der Waals surface area contributed by atoms with Crippen molar-refractivity contribution in [1.82, 2.24) is 19.3 Å². The van der Waals surface area contributed by atoms with Crippen molar-refractivity contribution in [3.63, 3.8) is 0 Å². The average Bonchev–Trinajstić information content (AvgIpc) is 3.30. The summed E-state index contributed by atoms with van der Waals surface area (Å²) in [6.07, 6.45) is 1.51. The fraction of sp³-hybridized carbons (Fsp3) is 0.367. The van der Waals surface area contributed by atoms with Crippen molar-refractivity contribution >= 4 is 27.0 Å². The van der Waals surface area contributed by atoms with Crippen LogP contribution in [-0.4, -0.2) is 45.3 Å². The highest BCUT2D eigenvalue weighted by Crippen LogP contribution is 2.37. The molecular weight excluding hydrogens is 512 g/mol. The molecule has 9 heteroatoms. The van der Waals surface area contributed by atoms with Gasteiger partial charge in [-0.2, -0.15) is 4.31 Å². The van der Waals surface area contributed by atoms with Gasteiger partial charge in [-0.25, -0.2) is 13.1 Å². The number of hydrogen-bond acceptors (Lipinski definition) is 5. The van der Waals surface area contributed by atoms with E-state index in [2.05, 4.69) is 30.2 Å². The van der Waals surface area contributed by atoms with Gasteiger partial charge in [-0.05, 0) is 71.2 Å². The van der Waals surface area contributed by atoms with Crippen molar-refractivity contribution < 1.29 is 18.3 Å². The molecule has 39 heavy (non-hydrogen) atoms. The van der Waals surface area contributed by atoms with Crippen molar-refractivity contribution in [2.24, 2.45) is 7.05 Å². The molecule has 0 saturated carbocycles. The molecule has 5 rings (SSSR count). The van der Waals surface area contributed by atoms with E-state index in [9.17, 15) is 18.3 Å². The summed E-state index contributed by atoms with van der Waals surface area (Å²) in [5.41, 5.74) is 7.16. The summed E-state index contributed by atoms with van der Waals surface area (Å²) in [6, 6.07) is 17.1. The minimum atomic E-state index is -3.65. The highest BCUT2D eigenvalue weighted by molar-refractivity contribution is 7.89. The highest BCUT2D eigenvalue weighted by atomic mass is 32.2. The first-order valence-corrected chi connectivity index (χ1v) is 14.8. The minimum Gasteiger partial charge on any atom is -0.481 e. The third kappa shape index (κ3) is 4.96. The molecule has 1 aliphatic heterocycles. The Kier molecular flexibility index (Phi) is 7.31. The predicted octanol–water partition coefficient (Wildman–Crippen LogP) is 5.14. The number of carboxylic acid groups (broad SMARTS) is 1. The number of carbonyl (C=O) groups is 1. The zero-order valence-electron chi connectivity index (χ0n) is 22.8. The lowest BCUT2D eigenvalue weighted by molar-refractivity contribution is -0.137. The van der Waals surface area contributed by atoms with Gasteiger partial charge in [0, 0.05) is 26.1 Å². The summed E-state index contributed by atoms with van der Waals surface area (Å²) in [5, 5.41) is 18.3. The Morgan fingerprint density at radius 3 is 2.54 bits per heavy atom. The molecule has 0 fully saturated rings. The first-order valence-electron chi connectivity index (χ1n) is 13.4. The zero-order chi connectivity index (χ0) is 27.9. The van der Waals surface area contributed by atoms with Crippen LogP contribution in [0.3, 0.4) is 0 Å². The Balaban J connectivity index is 1.55. The van der Waals surface area contributed by atoms with E-state index >= 15 is 0 Å². The van der Waals surface area contributed by atoms with Crippen LogP contribution in [0.25, 0.3) is 11.0 Å². The second kappa shape index (κ2) is 10.5. The molecule has 2 unspecified atom stereocenters. The lowest BCUT2D eigenvalue weighted by Gasteiger charge is -2.34. The quantitative estimate of drug-likeness (QED) is 0.328.